The Morgan fingerprint density at radius 2 is 2.24 bits per heavy atom. The van der Waals surface area contributed by atoms with Gasteiger partial charge in [-0.1, -0.05) is 12.8 Å². The first kappa shape index (κ1) is 18.3. The van der Waals surface area contributed by atoms with E-state index in [-0.39, 0.29) is 24.0 Å². The molecular weight excluding hydrogens is 375 g/mol. The molecule has 0 unspecified atom stereocenters. The van der Waals surface area contributed by atoms with Crippen LogP contribution in [0.15, 0.2) is 23.3 Å². The maximum Gasteiger partial charge on any atom is 0.194 e. The number of nitrogens with zero attached hydrogens (tertiary/aromatic N) is 3. The summed E-state index contributed by atoms with van der Waals surface area (Å²) in [5.41, 5.74) is 1.30. The average molecular weight is 404 g/mol. The molecule has 4 nitrogen and oxygen atoms in total. The van der Waals surface area contributed by atoms with Crippen LogP contribution in [0, 0.1) is 5.92 Å². The van der Waals surface area contributed by atoms with E-state index >= 15 is 0 Å². The fraction of sp³-hybridized carbons (Fsp3) is 0.688. The molecule has 0 atom stereocenters. The van der Waals surface area contributed by atoms with Crippen molar-refractivity contribution in [1.82, 2.24) is 14.8 Å². The van der Waals surface area contributed by atoms with Crippen LogP contribution in [0.1, 0.15) is 38.3 Å². The first-order chi connectivity index (χ1) is 9.70. The van der Waals surface area contributed by atoms with Gasteiger partial charge in [0.2, 0.25) is 0 Å². The van der Waals surface area contributed by atoms with Crippen LogP contribution in [0.25, 0.3) is 0 Å². The fourth-order valence-electron chi connectivity index (χ4n) is 2.42. The van der Waals surface area contributed by atoms with Gasteiger partial charge in [0.1, 0.15) is 0 Å². The topological polar surface area (TPSA) is 32.6 Å². The van der Waals surface area contributed by atoms with Gasteiger partial charge in [0.05, 0.1) is 6.54 Å². The number of aryl methyl sites for hydroxylation is 1. The molecule has 0 aromatic carbocycles. The molecule has 21 heavy (non-hydrogen) atoms. The molecule has 0 radical (unpaired) electrons. The van der Waals surface area contributed by atoms with E-state index in [1.54, 1.807) is 0 Å². The normalized spacial score (nSPS) is 14.7. The zero-order valence-electron chi connectivity index (χ0n) is 13.5. The number of hydrogen-bond donors (Lipinski definition) is 1. The van der Waals surface area contributed by atoms with Crippen molar-refractivity contribution in [2.45, 2.75) is 39.2 Å². The Kier molecular flexibility index (Phi) is 8.14. The summed E-state index contributed by atoms with van der Waals surface area (Å²) in [6.07, 6.45) is 7.54. The Morgan fingerprint density at radius 1 is 1.48 bits per heavy atom. The van der Waals surface area contributed by atoms with E-state index in [1.807, 2.05) is 0 Å². The molecule has 120 valence electrons. The highest BCUT2D eigenvalue weighted by Crippen LogP contribution is 2.33. The lowest BCUT2D eigenvalue weighted by Gasteiger charge is -2.22. The van der Waals surface area contributed by atoms with Gasteiger partial charge in [0.15, 0.2) is 5.96 Å². The van der Waals surface area contributed by atoms with Crippen LogP contribution in [0.4, 0.5) is 0 Å². The molecule has 1 aliphatic carbocycles. The summed E-state index contributed by atoms with van der Waals surface area (Å²) in [5.74, 6) is 2.03. The minimum atomic E-state index is 0. The molecule has 2 rings (SSSR count). The number of rotatable bonds is 7. The summed E-state index contributed by atoms with van der Waals surface area (Å²) in [6.45, 7) is 4.86. The number of nitrogens with one attached hydrogen (secondary N) is 1. The Hall–Kier alpha value is -0.720. The van der Waals surface area contributed by atoms with Crippen LogP contribution >= 0.6 is 24.0 Å². The maximum absolute atomic E-state index is 4.75. The number of halogens is 1. The second kappa shape index (κ2) is 9.33. The SMILES string of the molecule is CCNC(=NCCCC1CC1)N(C)Cc1cccn1C.I. The summed E-state index contributed by atoms with van der Waals surface area (Å²) in [6, 6.07) is 4.25. The van der Waals surface area contributed by atoms with Gasteiger partial charge in [-0.15, -0.1) is 24.0 Å². The van der Waals surface area contributed by atoms with Crippen molar-refractivity contribution in [2.24, 2.45) is 18.0 Å². The van der Waals surface area contributed by atoms with Gasteiger partial charge >= 0.3 is 0 Å². The van der Waals surface area contributed by atoms with Crippen molar-refractivity contribution in [1.29, 1.82) is 0 Å². The minimum Gasteiger partial charge on any atom is -0.357 e. The smallest absolute Gasteiger partial charge is 0.194 e. The molecule has 1 aromatic rings. The van der Waals surface area contributed by atoms with E-state index in [2.05, 4.69) is 54.1 Å². The molecule has 0 aliphatic heterocycles. The number of hydrogen-bond acceptors (Lipinski definition) is 1. The van der Waals surface area contributed by atoms with Crippen molar-refractivity contribution < 1.29 is 0 Å². The minimum absolute atomic E-state index is 0. The van der Waals surface area contributed by atoms with Gasteiger partial charge in [-0.2, -0.15) is 0 Å². The third-order valence-corrected chi connectivity index (χ3v) is 3.88. The van der Waals surface area contributed by atoms with Crippen LogP contribution in [0.2, 0.25) is 0 Å². The van der Waals surface area contributed by atoms with E-state index < -0.39 is 0 Å². The summed E-state index contributed by atoms with van der Waals surface area (Å²) in [4.78, 5) is 6.95. The third kappa shape index (κ3) is 6.28. The molecule has 1 heterocycles. The quantitative estimate of drug-likeness (QED) is 0.328. The Bertz CT molecular complexity index is 437. The second-order valence-electron chi connectivity index (χ2n) is 5.79. The lowest BCUT2D eigenvalue weighted by Crippen LogP contribution is -2.38. The van der Waals surface area contributed by atoms with E-state index in [0.717, 1.165) is 31.5 Å². The predicted molar refractivity (Wildman–Crippen MR) is 100 cm³/mol. The Morgan fingerprint density at radius 3 is 2.81 bits per heavy atom. The number of guanidine groups is 1. The van der Waals surface area contributed by atoms with Gasteiger partial charge in [0.25, 0.3) is 0 Å². The van der Waals surface area contributed by atoms with Gasteiger partial charge in [-0.25, -0.2) is 0 Å². The summed E-state index contributed by atoms with van der Waals surface area (Å²) < 4.78 is 2.16. The zero-order valence-corrected chi connectivity index (χ0v) is 15.8. The lowest BCUT2D eigenvalue weighted by molar-refractivity contribution is 0.461. The molecule has 1 aromatic heterocycles. The highest BCUT2D eigenvalue weighted by molar-refractivity contribution is 14.0. The summed E-state index contributed by atoms with van der Waals surface area (Å²) in [7, 11) is 4.19. The molecule has 1 fully saturated rings. The fourth-order valence-corrected chi connectivity index (χ4v) is 2.42. The standard InChI is InChI=1S/C16H28N4.HI/c1-4-17-16(18-11-5-7-14-9-10-14)20(3)13-15-8-6-12-19(15)2;/h6,8,12,14H,4-5,7,9-11,13H2,1-3H3,(H,17,18);1H. The molecule has 0 saturated heterocycles. The largest absolute Gasteiger partial charge is 0.357 e. The lowest BCUT2D eigenvalue weighted by atomic mass is 10.2. The molecular formula is C16H29IN4. The van der Waals surface area contributed by atoms with Crippen LogP contribution in [-0.2, 0) is 13.6 Å². The first-order valence-electron chi connectivity index (χ1n) is 7.80. The van der Waals surface area contributed by atoms with Crippen LogP contribution < -0.4 is 5.32 Å². The highest BCUT2D eigenvalue weighted by atomic mass is 127. The second-order valence-corrected chi connectivity index (χ2v) is 5.79. The summed E-state index contributed by atoms with van der Waals surface area (Å²) >= 11 is 0. The van der Waals surface area contributed by atoms with Crippen molar-refractivity contribution >= 4 is 29.9 Å². The molecule has 1 saturated carbocycles. The molecule has 1 aliphatic rings. The van der Waals surface area contributed by atoms with Crippen LogP contribution in [0.5, 0.6) is 0 Å². The van der Waals surface area contributed by atoms with Gasteiger partial charge in [-0.3, -0.25) is 4.99 Å². The summed E-state index contributed by atoms with van der Waals surface area (Å²) in [5, 5.41) is 3.38. The van der Waals surface area contributed by atoms with E-state index in [4.69, 9.17) is 4.99 Å². The van der Waals surface area contributed by atoms with Crippen molar-refractivity contribution in [3.05, 3.63) is 24.0 Å². The first-order valence-corrected chi connectivity index (χ1v) is 7.80. The van der Waals surface area contributed by atoms with Gasteiger partial charge in [0, 0.05) is 39.1 Å². The third-order valence-electron chi connectivity index (χ3n) is 3.88. The molecule has 1 N–H and O–H groups in total. The predicted octanol–water partition coefficient (Wildman–Crippen LogP) is 3.23. The van der Waals surface area contributed by atoms with Gasteiger partial charge in [-0.05, 0) is 37.8 Å². The van der Waals surface area contributed by atoms with Crippen molar-refractivity contribution in [3.8, 4) is 0 Å². The molecule has 0 amide bonds. The van der Waals surface area contributed by atoms with Crippen LogP contribution in [0.3, 0.4) is 0 Å². The monoisotopic (exact) mass is 404 g/mol. The number of aromatic nitrogens is 1. The van der Waals surface area contributed by atoms with Gasteiger partial charge < -0.3 is 14.8 Å². The van der Waals surface area contributed by atoms with Crippen molar-refractivity contribution in [2.75, 3.05) is 20.1 Å². The van der Waals surface area contributed by atoms with E-state index in [0.29, 0.717) is 0 Å². The zero-order chi connectivity index (χ0) is 14.4. The molecule has 0 spiro atoms. The Labute approximate surface area is 146 Å². The maximum atomic E-state index is 4.75. The average Bonchev–Trinajstić information content (AvgIpc) is 3.17. The Balaban J connectivity index is 0.00000220. The van der Waals surface area contributed by atoms with Crippen LogP contribution in [-0.4, -0.2) is 35.6 Å². The van der Waals surface area contributed by atoms with E-state index in [1.165, 1.54) is 31.4 Å². The van der Waals surface area contributed by atoms with E-state index in [9.17, 15) is 0 Å². The van der Waals surface area contributed by atoms with Crippen molar-refractivity contribution in [3.63, 3.8) is 0 Å². The molecule has 0 bridgehead atoms. The highest BCUT2D eigenvalue weighted by Gasteiger charge is 2.20. The number of aliphatic imine (C=N–C) groups is 1. The molecule has 5 heteroatoms.